The van der Waals surface area contributed by atoms with Crippen molar-refractivity contribution in [2.75, 3.05) is 6.61 Å². The molecule has 0 unspecified atom stereocenters. The molecule has 0 aliphatic carbocycles. The summed E-state index contributed by atoms with van der Waals surface area (Å²) < 4.78 is 34.5. The van der Waals surface area contributed by atoms with Crippen LogP contribution in [0.3, 0.4) is 0 Å². The Kier molecular flexibility index (Phi) is 11.0. The summed E-state index contributed by atoms with van der Waals surface area (Å²) in [7, 11) is -10.3. The van der Waals surface area contributed by atoms with Crippen LogP contribution in [-0.4, -0.2) is 107 Å². The molecule has 0 saturated carbocycles. The first-order valence-corrected chi connectivity index (χ1v) is 46.6. The molecule has 244 valence electrons. The molecule has 2 aliphatic heterocycles. The average Bonchev–Trinajstić information content (AvgIpc) is 3.10. The summed E-state index contributed by atoms with van der Waals surface area (Å²) in [6, 6.07) is 0. The molecule has 0 aromatic rings. The zero-order valence-corrected chi connectivity index (χ0v) is 38.6. The molecule has 2 aliphatic rings. The van der Waals surface area contributed by atoms with Gasteiger partial charge in [0.2, 0.25) is 0 Å². The zero-order chi connectivity index (χ0) is 32.6. The lowest BCUT2D eigenvalue weighted by Crippen LogP contribution is -2.86. The lowest BCUT2D eigenvalue weighted by Gasteiger charge is -2.59. The fraction of sp³-hybridized carbons (Fsp3) is 1.00. The van der Waals surface area contributed by atoms with Gasteiger partial charge in [0.15, 0.2) is 25.8 Å². The van der Waals surface area contributed by atoms with Gasteiger partial charge in [-0.3, -0.25) is 0 Å². The predicted octanol–water partition coefficient (Wildman–Crippen LogP) is 7.02. The molecule has 5 atom stereocenters. The van der Waals surface area contributed by atoms with E-state index in [0.717, 1.165) is 0 Å². The number of fused-ring (bicyclic) bond motifs is 1. The van der Waals surface area contributed by atoms with E-state index in [-0.39, 0.29) is 6.10 Å². The molecule has 0 aromatic carbocycles. The van der Waals surface area contributed by atoms with Gasteiger partial charge >= 0.3 is 0 Å². The summed E-state index contributed by atoms with van der Waals surface area (Å²) in [6.07, 6.45) is -2.73. The van der Waals surface area contributed by atoms with Crippen molar-refractivity contribution >= 4 is 59.3 Å². The van der Waals surface area contributed by atoms with Gasteiger partial charge in [0.1, 0.15) is 18.3 Å². The Balaban J connectivity index is 2.74. The molecule has 41 heavy (non-hydrogen) atoms. The van der Waals surface area contributed by atoms with Gasteiger partial charge < -0.3 is 28.2 Å². The van der Waals surface area contributed by atoms with Gasteiger partial charge in [-0.25, -0.2) is 0 Å². The Morgan fingerprint density at radius 3 is 1.29 bits per heavy atom. The number of hydrogen-bond donors (Lipinski definition) is 1. The second-order valence-electron chi connectivity index (χ2n) is 19.4. The number of aliphatic hydroxyl groups excluding tert-OH is 1. The third-order valence-corrected chi connectivity index (χ3v) is 145. The van der Waals surface area contributed by atoms with Crippen LogP contribution in [-0.2, 0) is 23.1 Å². The van der Waals surface area contributed by atoms with E-state index in [9.17, 15) is 5.11 Å². The lowest BCUT2D eigenvalue weighted by molar-refractivity contribution is -0.225. The second-order valence-corrected chi connectivity index (χ2v) is 98.3. The highest BCUT2D eigenvalue weighted by atomic mass is 29.9. The van der Waals surface area contributed by atoms with Gasteiger partial charge in [-0.2, -0.15) is 0 Å². The van der Waals surface area contributed by atoms with Gasteiger partial charge in [0, 0.05) is 0 Å². The van der Waals surface area contributed by atoms with Crippen molar-refractivity contribution in [3.05, 3.63) is 0 Å². The average molecular weight is 714 g/mol. The van der Waals surface area contributed by atoms with Gasteiger partial charge in [0.05, 0.1) is 58.3 Å². The lowest BCUT2D eigenvalue weighted by atomic mass is 10.1. The summed E-state index contributed by atoms with van der Waals surface area (Å²) in [5.74, 6) is -0.767. The molecule has 0 spiro atoms. The minimum absolute atomic E-state index is 0.321. The van der Waals surface area contributed by atoms with E-state index in [1.165, 1.54) is 0 Å². The molecule has 2 heterocycles. The first-order valence-electron chi connectivity index (χ1n) is 15.8. The fourth-order valence-electron chi connectivity index (χ4n) is 10.4. The van der Waals surface area contributed by atoms with Gasteiger partial charge in [-0.15, -0.1) is 0 Å². The van der Waals surface area contributed by atoms with Crippen LogP contribution in [0.15, 0.2) is 0 Å². The highest BCUT2D eigenvalue weighted by Gasteiger charge is 2.68. The van der Waals surface area contributed by atoms with Crippen LogP contribution in [0.25, 0.3) is 0 Å². The van der Waals surface area contributed by atoms with E-state index in [4.69, 9.17) is 23.1 Å². The van der Waals surface area contributed by atoms with Gasteiger partial charge in [0.25, 0.3) is 0 Å². The fourth-order valence-corrected chi connectivity index (χ4v) is 199. The van der Waals surface area contributed by atoms with E-state index >= 15 is 0 Å². The van der Waals surface area contributed by atoms with Crippen molar-refractivity contribution in [2.45, 2.75) is 168 Å². The first kappa shape index (κ1) is 38.7. The Bertz CT molecular complexity index is 849. The number of rotatable bonds is 12. The van der Waals surface area contributed by atoms with Crippen LogP contribution in [0.1, 0.15) is 13.8 Å². The minimum atomic E-state index is -2.25. The maximum Gasteiger partial charge on any atom is 0.190 e. The monoisotopic (exact) mass is 712 g/mol. The molecule has 2 fully saturated rings. The highest BCUT2D eigenvalue weighted by molar-refractivity contribution is 7.88. The maximum atomic E-state index is 11.8. The molecule has 0 bridgehead atoms. The standard InChI is InChI=1S/C27H68O6Si8/c1-27(2)31-25-23(28)24(30-26(25)32-27)22(33-41(37(12,13)14,38(15,16)17)39(18,19)20)21-29-40(34(3,4)5,35(6,7)8)36(9,10)11/h22-26,28H,21H2,1-20H3/t22-,23+,24-,25-,26-/m1/s1. The van der Waals surface area contributed by atoms with Crippen LogP contribution in [0.4, 0.5) is 0 Å². The smallest absolute Gasteiger partial charge is 0.190 e. The van der Waals surface area contributed by atoms with Gasteiger partial charge in [-0.1, -0.05) is 118 Å². The summed E-state index contributed by atoms with van der Waals surface area (Å²) in [5.41, 5.74) is 0. The first-order chi connectivity index (χ1) is 17.8. The van der Waals surface area contributed by atoms with E-state index in [0.29, 0.717) is 6.61 Å². The summed E-state index contributed by atoms with van der Waals surface area (Å²) in [4.78, 5) is 0. The van der Waals surface area contributed by atoms with Crippen LogP contribution in [0, 0.1) is 0 Å². The summed E-state index contributed by atoms with van der Waals surface area (Å²) in [5, 5.41) is 11.8. The molecule has 2 saturated heterocycles. The molecule has 0 aromatic heterocycles. The number of aliphatic hydroxyl groups is 1. The maximum absolute atomic E-state index is 11.8. The zero-order valence-electron chi connectivity index (χ0n) is 30.6. The summed E-state index contributed by atoms with van der Waals surface area (Å²) in [6.45, 7) is 45.9. The molecule has 0 amide bonds. The Morgan fingerprint density at radius 1 is 0.610 bits per heavy atom. The van der Waals surface area contributed by atoms with Crippen LogP contribution >= 0.6 is 0 Å². The van der Waals surface area contributed by atoms with Crippen molar-refractivity contribution < 1.29 is 28.2 Å². The molecule has 14 heteroatoms. The molecule has 6 nitrogen and oxygen atoms in total. The normalized spacial score (nSPS) is 27.7. The predicted molar refractivity (Wildman–Crippen MR) is 197 cm³/mol. The third kappa shape index (κ3) is 6.95. The summed E-state index contributed by atoms with van der Waals surface area (Å²) >= 11 is 0. The molecular weight excluding hydrogens is 645 g/mol. The van der Waals surface area contributed by atoms with Crippen molar-refractivity contribution in [1.29, 1.82) is 0 Å². The highest BCUT2D eigenvalue weighted by Crippen LogP contribution is 2.44. The van der Waals surface area contributed by atoms with Crippen LogP contribution < -0.4 is 0 Å². The van der Waals surface area contributed by atoms with E-state index in [1.807, 2.05) is 13.8 Å². The van der Waals surface area contributed by atoms with Crippen molar-refractivity contribution in [3.8, 4) is 0 Å². The Labute approximate surface area is 261 Å². The molecule has 0 radical (unpaired) electrons. The minimum Gasteiger partial charge on any atom is -0.423 e. The van der Waals surface area contributed by atoms with Crippen molar-refractivity contribution in [3.63, 3.8) is 0 Å². The van der Waals surface area contributed by atoms with Crippen molar-refractivity contribution in [1.82, 2.24) is 0 Å². The van der Waals surface area contributed by atoms with E-state index in [1.54, 1.807) is 0 Å². The third-order valence-electron chi connectivity index (χ3n) is 9.55. The number of ether oxygens (including phenoxy) is 3. The van der Waals surface area contributed by atoms with E-state index in [2.05, 4.69) is 118 Å². The quantitative estimate of drug-likeness (QED) is 0.220. The van der Waals surface area contributed by atoms with Crippen LogP contribution in [0.5, 0.6) is 0 Å². The molecule has 1 N–H and O–H groups in total. The molecule has 2 rings (SSSR count). The topological polar surface area (TPSA) is 66.4 Å². The molecular formula is C27H68O6Si8. The Morgan fingerprint density at radius 2 is 0.976 bits per heavy atom. The van der Waals surface area contributed by atoms with Gasteiger partial charge in [-0.05, 0) is 13.8 Å². The SMILES string of the molecule is CC1(C)O[C@H]2O[C@H]([C@@H](CO[Si]([Si](C)(C)C)([Si](C)(C)C)[Si](C)(C)C)O[Si]([Si](C)(C)C)([Si](C)(C)C)[Si](C)(C)C)[C@H](O)[C@H]2O1. The van der Waals surface area contributed by atoms with Crippen molar-refractivity contribution in [2.24, 2.45) is 0 Å². The number of hydrogen-bond acceptors (Lipinski definition) is 6. The van der Waals surface area contributed by atoms with Crippen LogP contribution in [0.2, 0.25) is 118 Å². The largest absolute Gasteiger partial charge is 0.423 e. The van der Waals surface area contributed by atoms with E-state index < -0.39 is 89.7 Å². The Hall–Kier alpha value is 1.50. The second kappa shape index (κ2) is 11.6.